The molecule has 2 unspecified atom stereocenters. The molecule has 1 aliphatic rings. The molecule has 0 aromatic heterocycles. The van der Waals surface area contributed by atoms with Gasteiger partial charge in [-0.3, -0.25) is 0 Å². The van der Waals surface area contributed by atoms with E-state index in [2.05, 4.69) is 0 Å². The van der Waals surface area contributed by atoms with Crippen LogP contribution in [0.25, 0.3) is 0 Å². The van der Waals surface area contributed by atoms with Crippen LogP contribution in [0.1, 0.15) is 29.8 Å². The topological polar surface area (TPSA) is 29.5 Å². The number of halogens is 3. The Hall–Kier alpha value is -1.29. The summed E-state index contributed by atoms with van der Waals surface area (Å²) >= 11 is 12.0. The molecule has 3 rings (SSSR count). The van der Waals surface area contributed by atoms with Crippen molar-refractivity contribution in [1.82, 2.24) is 0 Å². The van der Waals surface area contributed by atoms with E-state index in [1.165, 1.54) is 18.2 Å². The Morgan fingerprint density at radius 1 is 1.10 bits per heavy atom. The van der Waals surface area contributed by atoms with E-state index in [-0.39, 0.29) is 6.10 Å². The largest absolute Gasteiger partial charge is 0.485 e. The molecule has 0 bridgehead atoms. The lowest BCUT2D eigenvalue weighted by Gasteiger charge is -2.30. The number of benzene rings is 2. The summed E-state index contributed by atoms with van der Waals surface area (Å²) in [4.78, 5) is 0. The molecule has 2 aromatic rings. The molecule has 0 aliphatic carbocycles. The van der Waals surface area contributed by atoms with E-state index in [9.17, 15) is 9.50 Å². The van der Waals surface area contributed by atoms with Crippen LogP contribution in [0.4, 0.5) is 4.39 Å². The Bertz CT molecular complexity index is 660. The van der Waals surface area contributed by atoms with Crippen molar-refractivity contribution in [2.24, 2.45) is 0 Å². The van der Waals surface area contributed by atoms with Gasteiger partial charge in [-0.25, -0.2) is 4.39 Å². The summed E-state index contributed by atoms with van der Waals surface area (Å²) in [5.41, 5.74) is 1.22. The van der Waals surface area contributed by atoms with Crippen LogP contribution in [0.5, 0.6) is 5.75 Å². The Balaban J connectivity index is 1.97. The molecule has 0 saturated heterocycles. The van der Waals surface area contributed by atoms with Crippen LogP contribution in [0.2, 0.25) is 10.0 Å². The fourth-order valence-electron chi connectivity index (χ4n) is 2.37. The first-order valence-electron chi connectivity index (χ1n) is 6.13. The van der Waals surface area contributed by atoms with Crippen LogP contribution in [-0.2, 0) is 0 Å². The second-order valence-corrected chi connectivity index (χ2v) is 5.55. The molecule has 0 radical (unpaired) electrons. The maximum atomic E-state index is 13.2. The van der Waals surface area contributed by atoms with Gasteiger partial charge in [0.25, 0.3) is 0 Å². The average molecular weight is 313 g/mol. The van der Waals surface area contributed by atoms with Crippen LogP contribution in [0, 0.1) is 5.82 Å². The summed E-state index contributed by atoms with van der Waals surface area (Å²) in [6.07, 6.45) is -0.850. The molecule has 1 aliphatic heterocycles. The number of ether oxygens (including phenoxy) is 1. The SMILES string of the molecule is OC1CC(c2ccc(Cl)cc2Cl)Oc2ccc(F)cc21. The molecule has 20 heavy (non-hydrogen) atoms. The van der Waals surface area contributed by atoms with E-state index >= 15 is 0 Å². The summed E-state index contributed by atoms with van der Waals surface area (Å²) in [7, 11) is 0. The quantitative estimate of drug-likeness (QED) is 0.827. The lowest BCUT2D eigenvalue weighted by Crippen LogP contribution is -2.19. The monoisotopic (exact) mass is 312 g/mol. The van der Waals surface area contributed by atoms with E-state index in [1.54, 1.807) is 18.2 Å². The van der Waals surface area contributed by atoms with Gasteiger partial charge < -0.3 is 9.84 Å². The predicted molar refractivity (Wildman–Crippen MR) is 75.8 cm³/mol. The van der Waals surface area contributed by atoms with E-state index in [0.29, 0.717) is 27.8 Å². The molecule has 5 heteroatoms. The molecule has 0 amide bonds. The molecule has 0 fully saturated rings. The fourth-order valence-corrected chi connectivity index (χ4v) is 2.90. The van der Waals surface area contributed by atoms with Gasteiger partial charge in [0, 0.05) is 27.6 Å². The maximum absolute atomic E-state index is 13.2. The van der Waals surface area contributed by atoms with Gasteiger partial charge in [-0.05, 0) is 30.3 Å². The normalized spacial score (nSPS) is 21.2. The van der Waals surface area contributed by atoms with Crippen molar-refractivity contribution in [2.45, 2.75) is 18.6 Å². The summed E-state index contributed by atoms with van der Waals surface area (Å²) < 4.78 is 19.0. The fraction of sp³-hybridized carbons (Fsp3) is 0.200. The molecule has 104 valence electrons. The minimum atomic E-state index is -0.786. The van der Waals surface area contributed by atoms with Crippen molar-refractivity contribution in [2.75, 3.05) is 0 Å². The highest BCUT2D eigenvalue weighted by Gasteiger charge is 2.29. The lowest BCUT2D eigenvalue weighted by molar-refractivity contribution is 0.0654. The zero-order chi connectivity index (χ0) is 14.3. The van der Waals surface area contributed by atoms with Gasteiger partial charge in [0.1, 0.15) is 17.7 Å². The van der Waals surface area contributed by atoms with E-state index in [0.717, 1.165) is 5.56 Å². The first-order chi connectivity index (χ1) is 9.54. The Kier molecular flexibility index (Phi) is 3.59. The third-order valence-electron chi connectivity index (χ3n) is 3.35. The Morgan fingerprint density at radius 3 is 2.65 bits per heavy atom. The third kappa shape index (κ3) is 2.49. The Morgan fingerprint density at radius 2 is 1.90 bits per heavy atom. The molecule has 2 aromatic carbocycles. The minimum absolute atomic E-state index is 0.317. The van der Waals surface area contributed by atoms with Crippen LogP contribution < -0.4 is 4.74 Å². The molecule has 0 spiro atoms. The molecule has 1 heterocycles. The highest BCUT2D eigenvalue weighted by atomic mass is 35.5. The van der Waals surface area contributed by atoms with Crippen LogP contribution in [0.15, 0.2) is 36.4 Å². The number of fused-ring (bicyclic) bond motifs is 1. The van der Waals surface area contributed by atoms with E-state index < -0.39 is 11.9 Å². The number of hydrogen-bond donors (Lipinski definition) is 1. The molecule has 2 atom stereocenters. The number of aliphatic hydroxyl groups excluding tert-OH is 1. The second kappa shape index (κ2) is 5.24. The van der Waals surface area contributed by atoms with Gasteiger partial charge in [0.2, 0.25) is 0 Å². The smallest absolute Gasteiger partial charge is 0.128 e. The maximum Gasteiger partial charge on any atom is 0.128 e. The van der Waals surface area contributed by atoms with Gasteiger partial charge >= 0.3 is 0 Å². The van der Waals surface area contributed by atoms with Crippen molar-refractivity contribution in [3.05, 3.63) is 63.4 Å². The van der Waals surface area contributed by atoms with E-state index in [1.807, 2.05) is 0 Å². The van der Waals surface area contributed by atoms with Crippen molar-refractivity contribution in [3.63, 3.8) is 0 Å². The zero-order valence-corrected chi connectivity index (χ0v) is 11.8. The highest BCUT2D eigenvalue weighted by molar-refractivity contribution is 6.35. The van der Waals surface area contributed by atoms with Crippen molar-refractivity contribution >= 4 is 23.2 Å². The van der Waals surface area contributed by atoms with Crippen LogP contribution in [0.3, 0.4) is 0 Å². The molecular weight excluding hydrogens is 302 g/mol. The van der Waals surface area contributed by atoms with Crippen molar-refractivity contribution < 1.29 is 14.2 Å². The van der Waals surface area contributed by atoms with Gasteiger partial charge in [0.05, 0.1) is 6.10 Å². The molecular formula is C15H11Cl2FO2. The second-order valence-electron chi connectivity index (χ2n) is 4.71. The van der Waals surface area contributed by atoms with Crippen molar-refractivity contribution in [1.29, 1.82) is 0 Å². The zero-order valence-electron chi connectivity index (χ0n) is 10.3. The third-order valence-corrected chi connectivity index (χ3v) is 3.91. The number of aliphatic hydroxyl groups is 1. The highest BCUT2D eigenvalue weighted by Crippen LogP contribution is 2.42. The van der Waals surface area contributed by atoms with Crippen LogP contribution >= 0.6 is 23.2 Å². The summed E-state index contributed by atoms with van der Waals surface area (Å²) in [6, 6.07) is 9.24. The molecule has 0 saturated carbocycles. The summed E-state index contributed by atoms with van der Waals surface area (Å²) in [6.45, 7) is 0. The summed E-state index contributed by atoms with van der Waals surface area (Å²) in [5, 5.41) is 11.2. The first-order valence-corrected chi connectivity index (χ1v) is 6.89. The van der Waals surface area contributed by atoms with Gasteiger partial charge in [-0.1, -0.05) is 29.3 Å². The molecule has 1 N–H and O–H groups in total. The van der Waals surface area contributed by atoms with E-state index in [4.69, 9.17) is 27.9 Å². The molecule has 2 nitrogen and oxygen atoms in total. The number of rotatable bonds is 1. The first kappa shape index (κ1) is 13.7. The standard InChI is InChI=1S/C15H11Cl2FO2/c16-8-1-3-10(12(17)5-8)15-7-13(19)11-6-9(18)2-4-14(11)20-15/h1-6,13,15,19H,7H2. The van der Waals surface area contributed by atoms with Crippen LogP contribution in [-0.4, -0.2) is 5.11 Å². The average Bonchev–Trinajstić information content (AvgIpc) is 2.39. The summed E-state index contributed by atoms with van der Waals surface area (Å²) in [5.74, 6) is 0.0792. The van der Waals surface area contributed by atoms with Crippen molar-refractivity contribution in [3.8, 4) is 5.75 Å². The lowest BCUT2D eigenvalue weighted by atomic mass is 9.95. The van der Waals surface area contributed by atoms with Gasteiger partial charge in [-0.15, -0.1) is 0 Å². The number of hydrogen-bond acceptors (Lipinski definition) is 2. The Labute approximate surface area is 125 Å². The van der Waals surface area contributed by atoms with Gasteiger partial charge in [-0.2, -0.15) is 0 Å². The minimum Gasteiger partial charge on any atom is -0.485 e. The predicted octanol–water partition coefficient (Wildman–Crippen LogP) is 4.69. The van der Waals surface area contributed by atoms with Gasteiger partial charge in [0.15, 0.2) is 0 Å².